The molecule has 18 heavy (non-hydrogen) atoms. The lowest BCUT2D eigenvalue weighted by atomic mass is 9.77. The maximum atomic E-state index is 11.6. The summed E-state index contributed by atoms with van der Waals surface area (Å²) in [7, 11) is -3.09. The summed E-state index contributed by atoms with van der Waals surface area (Å²) in [5, 5.41) is 0. The topological polar surface area (TPSA) is 37.4 Å². The average Bonchev–Trinajstić information content (AvgIpc) is 2.24. The van der Waals surface area contributed by atoms with Gasteiger partial charge in [0.1, 0.15) is 0 Å². The van der Waals surface area contributed by atoms with Crippen molar-refractivity contribution in [1.82, 2.24) is 4.31 Å². The smallest absolute Gasteiger partial charge is 0.231 e. The van der Waals surface area contributed by atoms with Crippen LogP contribution in [-0.4, -0.2) is 25.5 Å². The highest BCUT2D eigenvalue weighted by Gasteiger charge is 2.30. The van der Waals surface area contributed by atoms with E-state index in [4.69, 9.17) is 0 Å². The highest BCUT2D eigenvalue weighted by atomic mass is 32.2. The summed E-state index contributed by atoms with van der Waals surface area (Å²) >= 11 is 0. The molecule has 1 aliphatic rings. The molecule has 0 unspecified atom stereocenters. The zero-order chi connectivity index (χ0) is 13.8. The van der Waals surface area contributed by atoms with Crippen LogP contribution in [0.25, 0.3) is 0 Å². The van der Waals surface area contributed by atoms with Crippen LogP contribution in [-0.2, 0) is 10.0 Å². The lowest BCUT2D eigenvalue weighted by molar-refractivity contribution is 0.316. The zero-order valence-electron chi connectivity index (χ0n) is 12.2. The minimum absolute atomic E-state index is 0.146. The first-order valence-electron chi connectivity index (χ1n) is 6.95. The molecule has 4 heteroatoms. The summed E-state index contributed by atoms with van der Waals surface area (Å²) < 4.78 is 24.7. The SMILES string of the molecule is CCCCCCC1=CN(S(C)(=O)=O)CCC1(C)C. The summed E-state index contributed by atoms with van der Waals surface area (Å²) in [6.45, 7) is 7.26. The van der Waals surface area contributed by atoms with Gasteiger partial charge in [0, 0.05) is 12.7 Å². The van der Waals surface area contributed by atoms with Gasteiger partial charge in [-0.25, -0.2) is 8.42 Å². The molecule has 0 amide bonds. The van der Waals surface area contributed by atoms with Crippen molar-refractivity contribution >= 4 is 10.0 Å². The summed E-state index contributed by atoms with van der Waals surface area (Å²) in [5.74, 6) is 0. The van der Waals surface area contributed by atoms with E-state index in [9.17, 15) is 8.42 Å². The average molecular weight is 273 g/mol. The minimum Gasteiger partial charge on any atom is -0.277 e. The van der Waals surface area contributed by atoms with Crippen LogP contribution >= 0.6 is 0 Å². The number of allylic oxidation sites excluding steroid dienone is 1. The summed E-state index contributed by atoms with van der Waals surface area (Å²) in [6, 6.07) is 0. The van der Waals surface area contributed by atoms with Gasteiger partial charge in [0.2, 0.25) is 10.0 Å². The van der Waals surface area contributed by atoms with Crippen LogP contribution in [0.15, 0.2) is 11.8 Å². The van der Waals surface area contributed by atoms with Gasteiger partial charge in [0.15, 0.2) is 0 Å². The van der Waals surface area contributed by atoms with Crippen molar-refractivity contribution in [2.75, 3.05) is 12.8 Å². The largest absolute Gasteiger partial charge is 0.277 e. The van der Waals surface area contributed by atoms with E-state index in [1.54, 1.807) is 0 Å². The van der Waals surface area contributed by atoms with Crippen LogP contribution in [0, 0.1) is 5.41 Å². The Morgan fingerprint density at radius 2 is 1.94 bits per heavy atom. The second-order valence-electron chi connectivity index (χ2n) is 5.97. The second-order valence-corrected chi connectivity index (χ2v) is 7.91. The highest BCUT2D eigenvalue weighted by molar-refractivity contribution is 7.88. The lowest BCUT2D eigenvalue weighted by Crippen LogP contribution is -2.35. The molecular weight excluding hydrogens is 246 g/mol. The van der Waals surface area contributed by atoms with Crippen LogP contribution in [0.2, 0.25) is 0 Å². The van der Waals surface area contributed by atoms with E-state index < -0.39 is 10.0 Å². The number of hydrogen-bond donors (Lipinski definition) is 0. The van der Waals surface area contributed by atoms with Crippen molar-refractivity contribution in [1.29, 1.82) is 0 Å². The standard InChI is InChI=1S/C14H27NO2S/c1-5-6-7-8-9-13-12-15(18(4,16)17)11-10-14(13,2)3/h12H,5-11H2,1-4H3. The van der Waals surface area contributed by atoms with Gasteiger partial charge in [-0.3, -0.25) is 4.31 Å². The maximum absolute atomic E-state index is 11.6. The minimum atomic E-state index is -3.09. The van der Waals surface area contributed by atoms with Gasteiger partial charge in [0.25, 0.3) is 0 Å². The predicted octanol–water partition coefficient (Wildman–Crippen LogP) is 3.53. The molecule has 3 nitrogen and oxygen atoms in total. The summed E-state index contributed by atoms with van der Waals surface area (Å²) in [5.41, 5.74) is 1.43. The molecule has 0 fully saturated rings. The zero-order valence-corrected chi connectivity index (χ0v) is 13.0. The van der Waals surface area contributed by atoms with Gasteiger partial charge in [-0.1, -0.05) is 40.0 Å². The molecule has 0 saturated heterocycles. The fourth-order valence-corrected chi connectivity index (χ4v) is 3.11. The van der Waals surface area contributed by atoms with Gasteiger partial charge in [-0.15, -0.1) is 0 Å². The first-order valence-corrected chi connectivity index (χ1v) is 8.80. The Kier molecular flexibility index (Phi) is 5.26. The fourth-order valence-electron chi connectivity index (χ4n) is 2.37. The first-order chi connectivity index (χ1) is 8.27. The summed E-state index contributed by atoms with van der Waals surface area (Å²) in [6.07, 6.45) is 10.0. The Morgan fingerprint density at radius 3 is 2.50 bits per heavy atom. The molecular formula is C14H27NO2S. The molecule has 0 bridgehead atoms. The Bertz CT molecular complexity index is 396. The molecule has 0 saturated carbocycles. The van der Waals surface area contributed by atoms with E-state index >= 15 is 0 Å². The third kappa shape index (κ3) is 4.30. The van der Waals surface area contributed by atoms with E-state index in [1.165, 1.54) is 41.8 Å². The Morgan fingerprint density at radius 1 is 1.28 bits per heavy atom. The van der Waals surface area contributed by atoms with Crippen LogP contribution in [0.3, 0.4) is 0 Å². The normalized spacial score (nSPS) is 19.8. The number of hydrogen-bond acceptors (Lipinski definition) is 2. The molecule has 0 aromatic heterocycles. The molecule has 0 aromatic carbocycles. The van der Waals surface area contributed by atoms with Crippen molar-refractivity contribution in [2.45, 2.75) is 59.3 Å². The Labute approximate surface area is 112 Å². The Balaban J connectivity index is 2.72. The molecule has 0 aromatic rings. The number of unbranched alkanes of at least 4 members (excludes halogenated alkanes) is 3. The molecule has 0 N–H and O–H groups in total. The van der Waals surface area contributed by atoms with Crippen molar-refractivity contribution in [2.24, 2.45) is 5.41 Å². The van der Waals surface area contributed by atoms with Crippen molar-refractivity contribution < 1.29 is 8.42 Å². The van der Waals surface area contributed by atoms with Crippen LogP contribution in [0.1, 0.15) is 59.3 Å². The second kappa shape index (κ2) is 6.09. The maximum Gasteiger partial charge on any atom is 0.231 e. The highest BCUT2D eigenvalue weighted by Crippen LogP contribution is 2.38. The van der Waals surface area contributed by atoms with E-state index in [-0.39, 0.29) is 5.41 Å². The molecule has 1 heterocycles. The number of rotatable bonds is 6. The monoisotopic (exact) mass is 273 g/mol. The third-order valence-electron chi connectivity index (χ3n) is 3.85. The van der Waals surface area contributed by atoms with Gasteiger partial charge in [0.05, 0.1) is 6.26 Å². The predicted molar refractivity (Wildman–Crippen MR) is 76.8 cm³/mol. The molecule has 0 radical (unpaired) electrons. The first kappa shape index (κ1) is 15.5. The van der Waals surface area contributed by atoms with E-state index in [0.29, 0.717) is 6.54 Å². The number of sulfonamides is 1. The van der Waals surface area contributed by atoms with Gasteiger partial charge < -0.3 is 0 Å². The molecule has 0 atom stereocenters. The van der Waals surface area contributed by atoms with Gasteiger partial charge in [-0.2, -0.15) is 0 Å². The van der Waals surface area contributed by atoms with Crippen LogP contribution < -0.4 is 0 Å². The van der Waals surface area contributed by atoms with Gasteiger partial charge >= 0.3 is 0 Å². The molecule has 0 aliphatic carbocycles. The van der Waals surface area contributed by atoms with Crippen LogP contribution in [0.4, 0.5) is 0 Å². The molecule has 0 spiro atoms. The fraction of sp³-hybridized carbons (Fsp3) is 0.857. The Hall–Kier alpha value is -0.510. The van der Waals surface area contributed by atoms with E-state index in [2.05, 4.69) is 20.8 Å². The quantitative estimate of drug-likeness (QED) is 0.694. The van der Waals surface area contributed by atoms with Gasteiger partial charge in [-0.05, 0) is 30.3 Å². The van der Waals surface area contributed by atoms with Crippen molar-refractivity contribution in [3.05, 3.63) is 11.8 Å². The van der Waals surface area contributed by atoms with Crippen molar-refractivity contribution in [3.63, 3.8) is 0 Å². The summed E-state index contributed by atoms with van der Waals surface area (Å²) in [4.78, 5) is 0. The number of nitrogens with zero attached hydrogens (tertiary/aromatic N) is 1. The molecule has 1 aliphatic heterocycles. The third-order valence-corrected chi connectivity index (χ3v) is 4.99. The van der Waals surface area contributed by atoms with Crippen LogP contribution in [0.5, 0.6) is 0 Å². The van der Waals surface area contributed by atoms with Crippen molar-refractivity contribution in [3.8, 4) is 0 Å². The van der Waals surface area contributed by atoms with E-state index in [1.807, 2.05) is 6.20 Å². The molecule has 106 valence electrons. The lowest BCUT2D eigenvalue weighted by Gasteiger charge is -2.36. The molecule has 1 rings (SSSR count). The van der Waals surface area contributed by atoms with E-state index in [0.717, 1.165) is 12.8 Å².